The minimum Gasteiger partial charge on any atom is -0.491 e. The van der Waals surface area contributed by atoms with Crippen LogP contribution in [0.2, 0.25) is 0 Å². The van der Waals surface area contributed by atoms with Crippen LogP contribution in [0.5, 0.6) is 11.6 Å². The molecule has 3 rings (SSSR count). The Balaban J connectivity index is 2.00. The molecule has 0 fully saturated rings. The molecular formula is C27H33N3O4. The number of benzene rings is 2. The number of aliphatic hydroxyl groups is 1. The maximum atomic E-state index is 13.5. The predicted octanol–water partition coefficient (Wildman–Crippen LogP) is 4.12. The summed E-state index contributed by atoms with van der Waals surface area (Å²) in [5, 5.41) is 20.3. The molecule has 2 N–H and O–H groups in total. The summed E-state index contributed by atoms with van der Waals surface area (Å²) >= 11 is 0. The van der Waals surface area contributed by atoms with Crippen LogP contribution in [0.25, 0.3) is 0 Å². The Morgan fingerprint density at radius 2 is 1.65 bits per heavy atom. The lowest BCUT2D eigenvalue weighted by Crippen LogP contribution is -2.40. The van der Waals surface area contributed by atoms with Gasteiger partial charge in [-0.25, -0.2) is 4.98 Å². The Bertz CT molecular complexity index is 1090. The first kappa shape index (κ1) is 25.2. The third kappa shape index (κ3) is 6.11. The van der Waals surface area contributed by atoms with E-state index in [0.29, 0.717) is 12.2 Å². The topological polar surface area (TPSA) is 95.8 Å². The smallest absolute Gasteiger partial charge is 0.276 e. The molecule has 7 nitrogen and oxygen atoms in total. The van der Waals surface area contributed by atoms with Gasteiger partial charge in [0, 0.05) is 19.0 Å². The molecule has 1 amide bonds. The molecule has 0 bridgehead atoms. The zero-order valence-electron chi connectivity index (χ0n) is 20.2. The van der Waals surface area contributed by atoms with E-state index in [-0.39, 0.29) is 48.5 Å². The van der Waals surface area contributed by atoms with Crippen LogP contribution in [-0.2, 0) is 18.4 Å². The summed E-state index contributed by atoms with van der Waals surface area (Å²) in [5.41, 5.74) is 1.64. The van der Waals surface area contributed by atoms with Crippen LogP contribution in [0.3, 0.4) is 0 Å². The lowest BCUT2D eigenvalue weighted by atomic mass is 9.81. The molecule has 0 atom stereocenters. The van der Waals surface area contributed by atoms with Gasteiger partial charge in [-0.1, -0.05) is 74.5 Å². The van der Waals surface area contributed by atoms with Gasteiger partial charge in [-0.3, -0.25) is 4.79 Å². The van der Waals surface area contributed by atoms with Gasteiger partial charge >= 0.3 is 0 Å². The van der Waals surface area contributed by atoms with Crippen molar-refractivity contribution < 1.29 is 19.7 Å². The number of ether oxygens (including phenoxy) is 1. The second-order valence-corrected chi connectivity index (χ2v) is 9.16. The first-order valence-electron chi connectivity index (χ1n) is 11.5. The molecule has 0 unspecified atom stereocenters. The summed E-state index contributed by atoms with van der Waals surface area (Å²) in [6, 6.07) is 19.2. The van der Waals surface area contributed by atoms with Gasteiger partial charge in [0.15, 0.2) is 5.69 Å². The molecule has 0 saturated heterocycles. The van der Waals surface area contributed by atoms with Crippen LogP contribution in [-0.4, -0.2) is 50.2 Å². The van der Waals surface area contributed by atoms with E-state index in [4.69, 9.17) is 4.74 Å². The molecule has 180 valence electrons. The lowest BCUT2D eigenvalue weighted by Gasteiger charge is -2.27. The fourth-order valence-corrected chi connectivity index (χ4v) is 3.80. The predicted molar refractivity (Wildman–Crippen MR) is 131 cm³/mol. The van der Waals surface area contributed by atoms with E-state index < -0.39 is 5.91 Å². The minimum absolute atomic E-state index is 0.00978. The fourth-order valence-electron chi connectivity index (χ4n) is 3.80. The van der Waals surface area contributed by atoms with E-state index >= 15 is 0 Å². The molecule has 0 aliphatic heterocycles. The maximum Gasteiger partial charge on any atom is 0.276 e. The molecule has 34 heavy (non-hydrogen) atoms. The average molecular weight is 464 g/mol. The van der Waals surface area contributed by atoms with E-state index in [1.165, 1.54) is 4.90 Å². The zero-order valence-corrected chi connectivity index (χ0v) is 20.2. The van der Waals surface area contributed by atoms with Gasteiger partial charge in [-0.15, -0.1) is 0 Å². The molecule has 1 aromatic heterocycles. The van der Waals surface area contributed by atoms with Crippen molar-refractivity contribution in [1.82, 2.24) is 14.9 Å². The Labute approximate surface area is 201 Å². The van der Waals surface area contributed by atoms with Gasteiger partial charge in [0.05, 0.1) is 6.61 Å². The molecule has 0 saturated carbocycles. The third-order valence-electron chi connectivity index (χ3n) is 5.70. The minimum atomic E-state index is -0.427. The van der Waals surface area contributed by atoms with Crippen molar-refractivity contribution in [1.29, 1.82) is 0 Å². The highest BCUT2D eigenvalue weighted by molar-refractivity contribution is 5.95. The van der Waals surface area contributed by atoms with Crippen molar-refractivity contribution in [2.45, 2.75) is 52.2 Å². The summed E-state index contributed by atoms with van der Waals surface area (Å²) in [6.07, 6.45) is 0.408. The normalized spacial score (nSPS) is 11.5. The Morgan fingerprint density at radius 3 is 2.24 bits per heavy atom. The summed E-state index contributed by atoms with van der Waals surface area (Å²) < 4.78 is 5.87. The number of aliphatic hydroxyl groups excluding tert-OH is 1. The van der Waals surface area contributed by atoms with Crippen LogP contribution in [0.15, 0.2) is 60.7 Å². The molecular weight excluding hydrogens is 430 g/mol. The highest BCUT2D eigenvalue weighted by atomic mass is 16.5. The quantitative estimate of drug-likeness (QED) is 0.470. The first-order valence-corrected chi connectivity index (χ1v) is 11.5. The Morgan fingerprint density at radius 1 is 1.03 bits per heavy atom. The number of hydrogen-bond acceptors (Lipinski definition) is 6. The van der Waals surface area contributed by atoms with E-state index in [1.807, 2.05) is 74.5 Å². The van der Waals surface area contributed by atoms with Gasteiger partial charge in [-0.05, 0) is 30.4 Å². The molecule has 0 spiro atoms. The van der Waals surface area contributed by atoms with Crippen molar-refractivity contribution >= 4 is 5.91 Å². The van der Waals surface area contributed by atoms with E-state index in [0.717, 1.165) is 11.1 Å². The van der Waals surface area contributed by atoms with Crippen molar-refractivity contribution in [3.8, 4) is 11.6 Å². The van der Waals surface area contributed by atoms with Crippen molar-refractivity contribution in [2.24, 2.45) is 0 Å². The molecule has 1 heterocycles. The summed E-state index contributed by atoms with van der Waals surface area (Å²) in [4.78, 5) is 23.8. The second kappa shape index (κ2) is 11.1. The van der Waals surface area contributed by atoms with Gasteiger partial charge in [0.2, 0.25) is 5.75 Å². The van der Waals surface area contributed by atoms with Gasteiger partial charge in [-0.2, -0.15) is 4.98 Å². The summed E-state index contributed by atoms with van der Waals surface area (Å²) in [6.45, 7) is 7.96. The molecule has 3 aromatic rings. The monoisotopic (exact) mass is 463 g/mol. The first-order chi connectivity index (χ1) is 16.2. The molecule has 2 aromatic carbocycles. The summed E-state index contributed by atoms with van der Waals surface area (Å²) in [5.74, 6) is -0.516. The molecule has 7 heteroatoms. The standard InChI is InChI=1S/C27H33N3O4/c1-19(2)30(15-16-31)26(33)23-24(34-18-20-11-7-5-8-12-20)25(32)29-22(28-23)17-27(3,4)21-13-9-6-10-14-21/h5-14,19,31H,15-18H2,1-4H3,(H,28,29,32). The number of carbonyl (C=O) groups excluding carboxylic acids is 1. The SMILES string of the molecule is CC(C)N(CCO)C(=O)c1nc(CC(C)(C)c2ccccc2)nc(O)c1OCc1ccccc1. The highest BCUT2D eigenvalue weighted by Gasteiger charge is 2.30. The van der Waals surface area contributed by atoms with Gasteiger partial charge in [0.25, 0.3) is 11.8 Å². The largest absolute Gasteiger partial charge is 0.491 e. The van der Waals surface area contributed by atoms with Gasteiger partial charge in [0.1, 0.15) is 12.4 Å². The van der Waals surface area contributed by atoms with Gasteiger partial charge < -0.3 is 19.8 Å². The Hall–Kier alpha value is -3.45. The number of aromatic nitrogens is 2. The fraction of sp³-hybridized carbons (Fsp3) is 0.370. The average Bonchev–Trinajstić information content (AvgIpc) is 2.82. The van der Waals surface area contributed by atoms with Crippen LogP contribution in [0.1, 0.15) is 55.1 Å². The lowest BCUT2D eigenvalue weighted by molar-refractivity contribution is 0.0652. The van der Waals surface area contributed by atoms with Crippen molar-refractivity contribution in [3.63, 3.8) is 0 Å². The van der Waals surface area contributed by atoms with E-state index in [1.54, 1.807) is 0 Å². The maximum absolute atomic E-state index is 13.5. The number of carbonyl (C=O) groups is 1. The van der Waals surface area contributed by atoms with E-state index in [9.17, 15) is 15.0 Å². The van der Waals surface area contributed by atoms with E-state index in [2.05, 4.69) is 23.8 Å². The van der Waals surface area contributed by atoms with Crippen LogP contribution in [0.4, 0.5) is 0 Å². The third-order valence-corrected chi connectivity index (χ3v) is 5.70. The summed E-state index contributed by atoms with van der Waals surface area (Å²) in [7, 11) is 0. The Kier molecular flexibility index (Phi) is 8.23. The van der Waals surface area contributed by atoms with Crippen LogP contribution in [0, 0.1) is 0 Å². The van der Waals surface area contributed by atoms with Crippen LogP contribution < -0.4 is 4.74 Å². The molecule has 0 aliphatic carbocycles. The van der Waals surface area contributed by atoms with Crippen molar-refractivity contribution in [3.05, 3.63) is 83.3 Å². The highest BCUT2D eigenvalue weighted by Crippen LogP contribution is 2.32. The number of nitrogens with zero attached hydrogens (tertiary/aromatic N) is 3. The van der Waals surface area contributed by atoms with Crippen LogP contribution >= 0.6 is 0 Å². The number of hydrogen-bond donors (Lipinski definition) is 2. The zero-order chi connectivity index (χ0) is 24.7. The second-order valence-electron chi connectivity index (χ2n) is 9.16. The number of amides is 1. The molecule has 0 radical (unpaired) electrons. The number of rotatable bonds is 10. The molecule has 0 aliphatic rings. The van der Waals surface area contributed by atoms with Crippen molar-refractivity contribution in [2.75, 3.05) is 13.2 Å². The number of aromatic hydroxyl groups is 1.